The molecule has 6 heterocycles. The van der Waals surface area contributed by atoms with Crippen LogP contribution in [0.15, 0.2) is 24.4 Å². The highest BCUT2D eigenvalue weighted by Crippen LogP contribution is 2.45. The molecule has 3 aliphatic rings. The van der Waals surface area contributed by atoms with Crippen LogP contribution in [0.1, 0.15) is 52.0 Å². The summed E-state index contributed by atoms with van der Waals surface area (Å²) in [5.41, 5.74) is 0.456. The van der Waals surface area contributed by atoms with E-state index in [-0.39, 0.29) is 69.3 Å². The van der Waals surface area contributed by atoms with E-state index in [2.05, 4.69) is 19.9 Å². The molecule has 0 spiro atoms. The molecule has 1 aromatic carbocycles. The molecule has 0 amide bonds. The van der Waals surface area contributed by atoms with Crippen LogP contribution in [0.5, 0.6) is 17.5 Å². The summed E-state index contributed by atoms with van der Waals surface area (Å²) in [7, 11) is -4.09. The van der Waals surface area contributed by atoms with Gasteiger partial charge in [-0.3, -0.25) is 9.88 Å². The minimum absolute atomic E-state index is 0.00618. The van der Waals surface area contributed by atoms with Crippen LogP contribution < -0.4 is 19.5 Å². The quantitative estimate of drug-likeness (QED) is 0.290. The second-order valence-electron chi connectivity index (χ2n) is 12.6. The number of anilines is 1. The lowest BCUT2D eigenvalue weighted by Gasteiger charge is -2.34. The number of ether oxygens (including phenoxy) is 2. The van der Waals surface area contributed by atoms with Crippen molar-refractivity contribution in [3.8, 4) is 28.8 Å². The third-order valence-corrected chi connectivity index (χ3v) is 11.0. The van der Waals surface area contributed by atoms with Crippen LogP contribution in [-0.4, -0.2) is 76.6 Å². The Morgan fingerprint density at radius 3 is 2.61 bits per heavy atom. The smallest absolute Gasteiger partial charge is 0.230 e. The molecular weight excluding hydrogens is 618 g/mol. The Kier molecular flexibility index (Phi) is 7.44. The lowest BCUT2D eigenvalue weighted by atomic mass is 9.95. The summed E-state index contributed by atoms with van der Waals surface area (Å²) in [6, 6.07) is 3.77. The molecule has 0 saturated carbocycles. The fourth-order valence-corrected chi connectivity index (χ4v) is 8.18. The average Bonchev–Trinajstić information content (AvgIpc) is 3.56. The highest BCUT2D eigenvalue weighted by molar-refractivity contribution is 7.89. The Morgan fingerprint density at radius 2 is 1.91 bits per heavy atom. The fraction of sp³-hybridized carbons (Fsp3) is 0.469. The number of hydrogen-bond donors (Lipinski definition) is 2. The van der Waals surface area contributed by atoms with Crippen molar-refractivity contribution in [1.29, 1.82) is 0 Å². The number of primary sulfonamides is 1. The number of phenolic OH excluding ortho intramolecular Hbond substituents is 1. The van der Waals surface area contributed by atoms with Gasteiger partial charge in [-0.15, -0.1) is 0 Å². The Bertz CT molecular complexity index is 1980. The van der Waals surface area contributed by atoms with Gasteiger partial charge in [-0.05, 0) is 70.7 Å². The summed E-state index contributed by atoms with van der Waals surface area (Å²) >= 11 is 0. The molecule has 3 aliphatic heterocycles. The minimum Gasteiger partial charge on any atom is -0.508 e. The maximum Gasteiger partial charge on any atom is 0.230 e. The van der Waals surface area contributed by atoms with Crippen LogP contribution in [0.2, 0.25) is 0 Å². The van der Waals surface area contributed by atoms with Gasteiger partial charge >= 0.3 is 0 Å². The molecule has 11 nitrogen and oxygen atoms in total. The van der Waals surface area contributed by atoms with Crippen LogP contribution in [0.3, 0.4) is 0 Å². The maximum atomic E-state index is 17.0. The van der Waals surface area contributed by atoms with E-state index in [0.29, 0.717) is 17.7 Å². The predicted molar refractivity (Wildman–Crippen MR) is 170 cm³/mol. The zero-order valence-electron chi connectivity index (χ0n) is 25.9. The number of aryl methyl sites for hydroxylation is 1. The van der Waals surface area contributed by atoms with Crippen molar-refractivity contribution in [3.63, 3.8) is 0 Å². The summed E-state index contributed by atoms with van der Waals surface area (Å²) in [4.78, 5) is 17.3. The molecule has 4 aromatic rings. The highest BCUT2D eigenvalue weighted by atomic mass is 32.2. The van der Waals surface area contributed by atoms with E-state index in [1.807, 2.05) is 0 Å². The molecule has 2 atom stereocenters. The number of aromatic hydroxyl groups is 1. The summed E-state index contributed by atoms with van der Waals surface area (Å²) < 4.78 is 69.8. The molecule has 3 N–H and O–H groups in total. The van der Waals surface area contributed by atoms with Crippen LogP contribution >= 0.6 is 0 Å². The molecule has 46 heavy (non-hydrogen) atoms. The second-order valence-corrected chi connectivity index (χ2v) is 14.4. The van der Waals surface area contributed by atoms with Gasteiger partial charge in [0, 0.05) is 23.1 Å². The van der Waals surface area contributed by atoms with E-state index in [0.717, 1.165) is 45.0 Å². The number of rotatable bonds is 7. The van der Waals surface area contributed by atoms with E-state index in [1.54, 1.807) is 24.8 Å². The third-order valence-electron chi connectivity index (χ3n) is 9.82. The lowest BCUT2D eigenvalue weighted by Crippen LogP contribution is -2.48. The molecule has 0 bridgehead atoms. The summed E-state index contributed by atoms with van der Waals surface area (Å²) in [6.45, 7) is 7.33. The van der Waals surface area contributed by atoms with Gasteiger partial charge in [-0.1, -0.05) is 6.92 Å². The monoisotopic (exact) mass is 654 g/mol. The summed E-state index contributed by atoms with van der Waals surface area (Å²) in [6.07, 6.45) is 5.44. The van der Waals surface area contributed by atoms with Crippen molar-refractivity contribution in [2.75, 3.05) is 31.2 Å². The van der Waals surface area contributed by atoms with Gasteiger partial charge in [-0.2, -0.15) is 0 Å². The summed E-state index contributed by atoms with van der Waals surface area (Å²) in [5.74, 6) is -1.53. The van der Waals surface area contributed by atoms with Gasteiger partial charge in [0.05, 0.1) is 34.4 Å². The van der Waals surface area contributed by atoms with Crippen LogP contribution in [0.4, 0.5) is 14.5 Å². The summed E-state index contributed by atoms with van der Waals surface area (Å²) in [5, 5.41) is 15.5. The molecule has 0 radical (unpaired) electrons. The minimum atomic E-state index is -4.09. The van der Waals surface area contributed by atoms with E-state index >= 15 is 4.39 Å². The molecule has 2 saturated heterocycles. The third kappa shape index (κ3) is 4.88. The molecular formula is C32H36F2N6O5S. The zero-order valence-corrected chi connectivity index (χ0v) is 26.7. The average molecular weight is 655 g/mol. The molecule has 14 heteroatoms. The van der Waals surface area contributed by atoms with Gasteiger partial charge in [0.25, 0.3) is 0 Å². The number of sulfonamides is 1. The topological polar surface area (TPSA) is 144 Å². The van der Waals surface area contributed by atoms with Gasteiger partial charge in [0.2, 0.25) is 21.8 Å². The molecule has 3 aromatic heterocycles. The SMILES string of the molecule is CCc1c(F)cnc2cc(O)cc(-c3nc4c5c(cc(OCC67CCCN6CCC7)nc5c3F)N(C(C)S(N)(=O)=O)[C@@H](C)CO4)c12. The Balaban J connectivity index is 1.48. The van der Waals surface area contributed by atoms with Crippen molar-refractivity contribution in [2.24, 2.45) is 5.14 Å². The van der Waals surface area contributed by atoms with E-state index in [4.69, 9.17) is 14.6 Å². The van der Waals surface area contributed by atoms with Crippen LogP contribution in [0, 0.1) is 11.6 Å². The molecule has 7 rings (SSSR count). The lowest BCUT2D eigenvalue weighted by molar-refractivity contribution is 0.111. The van der Waals surface area contributed by atoms with Crippen molar-refractivity contribution in [3.05, 3.63) is 41.6 Å². The Morgan fingerprint density at radius 1 is 1.17 bits per heavy atom. The van der Waals surface area contributed by atoms with E-state index in [1.165, 1.54) is 19.1 Å². The highest BCUT2D eigenvalue weighted by Gasteiger charge is 2.45. The van der Waals surface area contributed by atoms with E-state index in [9.17, 15) is 17.9 Å². The van der Waals surface area contributed by atoms with Crippen molar-refractivity contribution in [2.45, 2.75) is 69.8 Å². The van der Waals surface area contributed by atoms with Crippen LogP contribution in [-0.2, 0) is 16.4 Å². The molecule has 1 unspecified atom stereocenters. The number of nitrogens with zero attached hydrogens (tertiary/aromatic N) is 5. The van der Waals surface area contributed by atoms with Gasteiger partial charge < -0.3 is 19.5 Å². The Labute approximate surface area is 265 Å². The first kappa shape index (κ1) is 30.8. The number of pyridine rings is 3. The number of fused-ring (bicyclic) bond motifs is 2. The first-order valence-corrected chi connectivity index (χ1v) is 17.2. The number of aromatic nitrogens is 3. The van der Waals surface area contributed by atoms with Crippen LogP contribution in [0.25, 0.3) is 33.1 Å². The zero-order chi connectivity index (χ0) is 32.5. The van der Waals surface area contributed by atoms with Gasteiger partial charge in [0.1, 0.15) is 41.4 Å². The van der Waals surface area contributed by atoms with Crippen molar-refractivity contribution in [1.82, 2.24) is 19.9 Å². The number of phenols is 1. The van der Waals surface area contributed by atoms with E-state index < -0.39 is 33.1 Å². The first-order chi connectivity index (χ1) is 21.9. The molecule has 2 fully saturated rings. The second kappa shape index (κ2) is 11.1. The molecule has 0 aliphatic carbocycles. The number of nitrogens with two attached hydrogens (primary N) is 1. The standard InChI is InChI=1S/C32H36F2N6O5S/c1-4-20-22(33)14-36-23-12-19(41)11-21(26(20)23)29-28(34)30-27-24(40(18(3)46(35,42)43)17(2)15-44-31(27)38-29)13-25(37-30)45-16-32-7-5-9-39(32)10-6-8-32/h11-14,17-18,41H,4-10,15-16H2,1-3H3,(H2,35,42,43)/t17-,18?/m0/s1. The Hall–Kier alpha value is -3.88. The largest absolute Gasteiger partial charge is 0.508 e. The number of hydrogen-bond acceptors (Lipinski definition) is 10. The normalized spacial score (nSPS) is 20.1. The number of halogens is 2. The van der Waals surface area contributed by atoms with Crippen molar-refractivity contribution >= 4 is 37.5 Å². The first-order valence-electron chi connectivity index (χ1n) is 15.6. The van der Waals surface area contributed by atoms with Gasteiger partial charge in [-0.25, -0.2) is 32.3 Å². The van der Waals surface area contributed by atoms with Gasteiger partial charge in [0.15, 0.2) is 5.82 Å². The number of benzene rings is 1. The fourth-order valence-electron chi connectivity index (χ4n) is 7.54. The maximum absolute atomic E-state index is 17.0. The predicted octanol–water partition coefficient (Wildman–Crippen LogP) is 4.62. The van der Waals surface area contributed by atoms with Crippen molar-refractivity contribution < 1.29 is 31.8 Å². The molecule has 244 valence electrons.